The Balaban J connectivity index is 0.00000324. The number of aliphatic carboxylic acids is 1. The molecule has 1 saturated heterocycles. The molecule has 2 unspecified atom stereocenters. The number of amides is 1. The lowest BCUT2D eigenvalue weighted by Crippen LogP contribution is -2.53. The zero-order valence-corrected chi connectivity index (χ0v) is 12.9. The molecule has 0 spiro atoms. The Morgan fingerprint density at radius 1 is 1.37 bits per heavy atom. The van der Waals surface area contributed by atoms with Crippen molar-refractivity contribution in [3.8, 4) is 0 Å². The number of likely N-dealkylation sites (tertiary alicyclic amines) is 1. The Morgan fingerprint density at radius 3 is 2.42 bits per heavy atom. The van der Waals surface area contributed by atoms with Crippen molar-refractivity contribution in [3.63, 3.8) is 0 Å². The molecule has 1 heterocycles. The number of carbonyl (C=O) groups is 2. The number of halogens is 1. The molecule has 2 N–H and O–H groups in total. The summed E-state index contributed by atoms with van der Waals surface area (Å²) in [6.07, 6.45) is 1.55. The normalized spacial score (nSPS) is 22.2. The van der Waals surface area contributed by atoms with Gasteiger partial charge in [0.2, 0.25) is 5.91 Å². The van der Waals surface area contributed by atoms with Gasteiger partial charge in [-0.3, -0.25) is 14.5 Å². The molecule has 0 bridgehead atoms. The largest absolute Gasteiger partial charge is 0.481 e. The zero-order valence-electron chi connectivity index (χ0n) is 12.1. The van der Waals surface area contributed by atoms with Gasteiger partial charge in [0, 0.05) is 12.1 Å². The monoisotopic (exact) mass is 292 g/mol. The predicted molar refractivity (Wildman–Crippen MR) is 76.5 cm³/mol. The van der Waals surface area contributed by atoms with E-state index in [0.717, 1.165) is 13.0 Å². The smallest absolute Gasteiger partial charge is 0.307 e. The van der Waals surface area contributed by atoms with Gasteiger partial charge < -0.3 is 10.4 Å². The third-order valence-corrected chi connectivity index (χ3v) is 3.23. The fourth-order valence-electron chi connectivity index (χ4n) is 2.20. The number of piperidine rings is 1. The minimum Gasteiger partial charge on any atom is -0.481 e. The molecule has 6 heteroatoms. The number of carboxylic acid groups (broad SMARTS) is 1. The maximum Gasteiger partial charge on any atom is 0.307 e. The van der Waals surface area contributed by atoms with E-state index >= 15 is 0 Å². The average molecular weight is 293 g/mol. The average Bonchev–Trinajstić information content (AvgIpc) is 2.26. The first kappa shape index (κ1) is 18.2. The summed E-state index contributed by atoms with van der Waals surface area (Å²) in [5, 5.41) is 12.0. The van der Waals surface area contributed by atoms with E-state index in [1.165, 1.54) is 0 Å². The Morgan fingerprint density at radius 2 is 1.95 bits per heavy atom. The van der Waals surface area contributed by atoms with Crippen LogP contribution in [0.15, 0.2) is 0 Å². The van der Waals surface area contributed by atoms with Crippen LogP contribution < -0.4 is 5.32 Å². The van der Waals surface area contributed by atoms with Crippen LogP contribution in [0, 0.1) is 5.92 Å². The van der Waals surface area contributed by atoms with Crippen LogP contribution in [-0.2, 0) is 9.59 Å². The summed E-state index contributed by atoms with van der Waals surface area (Å²) in [6, 6.07) is -0.272. The molecule has 0 saturated carbocycles. The summed E-state index contributed by atoms with van der Waals surface area (Å²) in [6.45, 7) is 8.91. The van der Waals surface area contributed by atoms with E-state index in [4.69, 9.17) is 5.11 Å². The van der Waals surface area contributed by atoms with E-state index in [1.54, 1.807) is 0 Å². The van der Waals surface area contributed by atoms with Crippen molar-refractivity contribution in [1.82, 2.24) is 10.2 Å². The van der Waals surface area contributed by atoms with Crippen molar-refractivity contribution in [2.75, 3.05) is 13.1 Å². The Labute approximate surface area is 121 Å². The van der Waals surface area contributed by atoms with Crippen molar-refractivity contribution in [3.05, 3.63) is 0 Å². The van der Waals surface area contributed by atoms with Crippen molar-refractivity contribution in [2.45, 2.75) is 52.1 Å². The van der Waals surface area contributed by atoms with Crippen LogP contribution in [0.25, 0.3) is 0 Å². The first-order chi connectivity index (χ1) is 8.20. The second kappa shape index (κ2) is 7.10. The molecular formula is C13H25ClN2O3. The summed E-state index contributed by atoms with van der Waals surface area (Å²) in [4.78, 5) is 25.0. The van der Waals surface area contributed by atoms with Crippen molar-refractivity contribution in [1.29, 1.82) is 0 Å². The van der Waals surface area contributed by atoms with Crippen LogP contribution in [0.4, 0.5) is 0 Å². The minimum atomic E-state index is -0.761. The van der Waals surface area contributed by atoms with Gasteiger partial charge in [-0.05, 0) is 47.1 Å². The number of hydrogen-bond donors (Lipinski definition) is 2. The first-order valence-corrected chi connectivity index (χ1v) is 6.49. The lowest BCUT2D eigenvalue weighted by atomic mass is 9.97. The van der Waals surface area contributed by atoms with Gasteiger partial charge in [-0.25, -0.2) is 0 Å². The van der Waals surface area contributed by atoms with E-state index in [-0.39, 0.29) is 35.8 Å². The highest BCUT2D eigenvalue weighted by molar-refractivity contribution is 5.85. The molecule has 112 valence electrons. The number of nitrogens with zero attached hydrogens (tertiary/aromatic N) is 1. The third-order valence-electron chi connectivity index (χ3n) is 3.23. The van der Waals surface area contributed by atoms with Crippen molar-refractivity contribution in [2.24, 2.45) is 5.92 Å². The summed E-state index contributed by atoms with van der Waals surface area (Å²) in [5.74, 6) is -1.14. The van der Waals surface area contributed by atoms with Crippen LogP contribution >= 0.6 is 12.4 Å². The van der Waals surface area contributed by atoms with Crippen LogP contribution in [0.5, 0.6) is 0 Å². The number of nitrogens with one attached hydrogen (secondary N) is 1. The molecule has 0 aliphatic carbocycles. The van der Waals surface area contributed by atoms with Gasteiger partial charge in [0.15, 0.2) is 0 Å². The van der Waals surface area contributed by atoms with Gasteiger partial charge in [0.05, 0.1) is 12.0 Å². The van der Waals surface area contributed by atoms with Gasteiger partial charge >= 0.3 is 5.97 Å². The Bertz CT molecular complexity index is 328. The lowest BCUT2D eigenvalue weighted by Gasteiger charge is -2.35. The first-order valence-electron chi connectivity index (χ1n) is 6.49. The highest BCUT2D eigenvalue weighted by Gasteiger charge is 2.31. The Kier molecular flexibility index (Phi) is 6.80. The summed E-state index contributed by atoms with van der Waals surface area (Å²) < 4.78 is 0. The molecule has 0 radical (unpaired) electrons. The van der Waals surface area contributed by atoms with Crippen LogP contribution in [0.1, 0.15) is 40.5 Å². The van der Waals surface area contributed by atoms with Crippen molar-refractivity contribution >= 4 is 24.3 Å². The quantitative estimate of drug-likeness (QED) is 0.827. The summed E-state index contributed by atoms with van der Waals surface area (Å²) in [7, 11) is 0. The molecule has 0 aromatic heterocycles. The van der Waals surface area contributed by atoms with E-state index in [2.05, 4.69) is 5.32 Å². The Hall–Kier alpha value is -0.810. The molecule has 1 aliphatic rings. The molecule has 1 aliphatic heterocycles. The van der Waals surface area contributed by atoms with Gasteiger partial charge in [0.1, 0.15) is 0 Å². The molecule has 0 aromatic carbocycles. The molecular weight excluding hydrogens is 268 g/mol. The molecule has 1 fully saturated rings. The summed E-state index contributed by atoms with van der Waals surface area (Å²) in [5.41, 5.74) is -0.257. The van der Waals surface area contributed by atoms with Crippen molar-refractivity contribution < 1.29 is 14.7 Å². The second-order valence-corrected chi connectivity index (χ2v) is 6.09. The number of hydrogen-bond acceptors (Lipinski definition) is 3. The van der Waals surface area contributed by atoms with E-state index in [9.17, 15) is 9.59 Å². The van der Waals surface area contributed by atoms with Gasteiger partial charge in [-0.2, -0.15) is 0 Å². The van der Waals surface area contributed by atoms with Gasteiger partial charge in [-0.15, -0.1) is 12.4 Å². The molecule has 1 rings (SSSR count). The fraction of sp³-hybridized carbons (Fsp3) is 0.846. The van der Waals surface area contributed by atoms with E-state index in [1.807, 2.05) is 32.6 Å². The molecule has 2 atom stereocenters. The van der Waals surface area contributed by atoms with E-state index < -0.39 is 5.97 Å². The van der Waals surface area contributed by atoms with Gasteiger partial charge in [0.25, 0.3) is 0 Å². The molecule has 0 aromatic rings. The highest BCUT2D eigenvalue weighted by Crippen LogP contribution is 2.19. The molecule has 5 nitrogen and oxygen atoms in total. The lowest BCUT2D eigenvalue weighted by molar-refractivity contribution is -0.145. The minimum absolute atomic E-state index is 0. The number of carbonyl (C=O) groups excluding carboxylic acids is 1. The standard InChI is InChI=1S/C13H24N2O3.ClH/c1-9(11(16)14-13(2,3)4)15-7-5-6-10(8-15)12(17)18;/h9-10H,5-8H2,1-4H3,(H,14,16)(H,17,18);1H. The molecule has 1 amide bonds. The number of carboxylic acids is 1. The highest BCUT2D eigenvalue weighted by atomic mass is 35.5. The second-order valence-electron chi connectivity index (χ2n) is 6.09. The van der Waals surface area contributed by atoms with E-state index in [0.29, 0.717) is 13.0 Å². The van der Waals surface area contributed by atoms with Crippen LogP contribution in [0.3, 0.4) is 0 Å². The molecule has 19 heavy (non-hydrogen) atoms. The summed E-state index contributed by atoms with van der Waals surface area (Å²) >= 11 is 0. The third kappa shape index (κ3) is 5.78. The maximum atomic E-state index is 12.0. The number of rotatable bonds is 3. The topological polar surface area (TPSA) is 69.6 Å². The predicted octanol–water partition coefficient (Wildman–Crippen LogP) is 1.51. The van der Waals surface area contributed by atoms with Crippen LogP contribution in [-0.4, -0.2) is 46.6 Å². The zero-order chi connectivity index (χ0) is 13.9. The maximum absolute atomic E-state index is 12.0. The van der Waals surface area contributed by atoms with Crippen LogP contribution in [0.2, 0.25) is 0 Å². The fourth-order valence-corrected chi connectivity index (χ4v) is 2.20. The van der Waals surface area contributed by atoms with Gasteiger partial charge in [-0.1, -0.05) is 0 Å². The SMILES string of the molecule is CC(C(=O)NC(C)(C)C)N1CCCC(C(=O)O)C1.Cl.